The van der Waals surface area contributed by atoms with Crippen LogP contribution in [0.3, 0.4) is 0 Å². The molecule has 0 radical (unpaired) electrons. The van der Waals surface area contributed by atoms with E-state index in [1.165, 1.54) is 0 Å². The zero-order valence-electron chi connectivity index (χ0n) is 18.4. The third-order valence-corrected chi connectivity index (χ3v) is 6.53. The number of hydrogen-bond acceptors (Lipinski definition) is 5. The maximum Gasteiger partial charge on any atom is 0.226 e. The Morgan fingerprint density at radius 3 is 2.38 bits per heavy atom. The molecule has 2 aromatic heterocycles. The van der Waals surface area contributed by atoms with Crippen LogP contribution in [0.15, 0.2) is 60.9 Å². The number of amides is 1. The van der Waals surface area contributed by atoms with Gasteiger partial charge in [0.05, 0.1) is 18.8 Å². The van der Waals surface area contributed by atoms with Crippen molar-refractivity contribution in [2.24, 2.45) is 0 Å². The maximum absolute atomic E-state index is 12.8. The molecule has 0 unspecified atom stereocenters. The van der Waals surface area contributed by atoms with Crippen LogP contribution >= 0.6 is 23.2 Å². The molecule has 1 fully saturated rings. The Balaban J connectivity index is 1.33. The molecule has 0 bridgehead atoms. The van der Waals surface area contributed by atoms with Gasteiger partial charge in [-0.3, -0.25) is 9.36 Å². The first-order valence-electron chi connectivity index (χ1n) is 11.1. The van der Waals surface area contributed by atoms with Crippen molar-refractivity contribution in [3.63, 3.8) is 0 Å². The van der Waals surface area contributed by atoms with E-state index >= 15 is 0 Å². The van der Waals surface area contributed by atoms with Crippen molar-refractivity contribution in [1.82, 2.24) is 34.7 Å². The normalized spacial score (nSPS) is 14.5. The summed E-state index contributed by atoms with van der Waals surface area (Å²) in [6.07, 6.45) is 5.26. The van der Waals surface area contributed by atoms with Crippen molar-refractivity contribution in [1.29, 1.82) is 0 Å². The van der Waals surface area contributed by atoms with E-state index in [0.29, 0.717) is 36.1 Å². The van der Waals surface area contributed by atoms with E-state index in [1.54, 1.807) is 17.2 Å². The molecule has 5 rings (SSSR count). The van der Waals surface area contributed by atoms with Crippen LogP contribution in [0.1, 0.15) is 36.0 Å². The number of benzene rings is 2. The van der Waals surface area contributed by atoms with Crippen molar-refractivity contribution in [2.45, 2.75) is 31.7 Å². The Bertz CT molecular complexity index is 1260. The number of piperidine rings is 1. The summed E-state index contributed by atoms with van der Waals surface area (Å²) in [6.45, 7) is 1.75. The van der Waals surface area contributed by atoms with Crippen molar-refractivity contribution < 1.29 is 4.79 Å². The number of likely N-dealkylation sites (tertiary alicyclic amines) is 1. The molecule has 1 saturated heterocycles. The van der Waals surface area contributed by atoms with Gasteiger partial charge in [0.1, 0.15) is 12.4 Å². The van der Waals surface area contributed by atoms with Gasteiger partial charge in [-0.15, -0.1) is 10.2 Å². The van der Waals surface area contributed by atoms with Crippen LogP contribution in [-0.2, 0) is 17.8 Å². The summed E-state index contributed by atoms with van der Waals surface area (Å²) in [6, 6.07) is 15.1. The fourth-order valence-corrected chi connectivity index (χ4v) is 4.68. The van der Waals surface area contributed by atoms with Crippen molar-refractivity contribution in [2.75, 3.05) is 13.1 Å². The molecule has 8 nitrogen and oxygen atoms in total. The second-order valence-electron chi connectivity index (χ2n) is 8.31. The number of aromatic nitrogens is 6. The lowest BCUT2D eigenvalue weighted by Crippen LogP contribution is -2.39. The summed E-state index contributed by atoms with van der Waals surface area (Å²) in [5.74, 6) is 1.92. The molecule has 0 saturated carbocycles. The van der Waals surface area contributed by atoms with Crippen LogP contribution < -0.4 is 0 Å². The van der Waals surface area contributed by atoms with Crippen LogP contribution in [0.4, 0.5) is 0 Å². The summed E-state index contributed by atoms with van der Waals surface area (Å²) in [7, 11) is 0. The molecule has 34 heavy (non-hydrogen) atoms. The number of hydrogen-bond donors (Lipinski definition) is 0. The summed E-state index contributed by atoms with van der Waals surface area (Å²) >= 11 is 12.2. The van der Waals surface area contributed by atoms with Gasteiger partial charge < -0.3 is 4.90 Å². The molecule has 10 heteroatoms. The van der Waals surface area contributed by atoms with Gasteiger partial charge in [0.25, 0.3) is 0 Å². The highest BCUT2D eigenvalue weighted by Gasteiger charge is 2.29. The summed E-state index contributed by atoms with van der Waals surface area (Å²) in [4.78, 5) is 16.4. The van der Waals surface area contributed by atoms with Crippen LogP contribution in [0.2, 0.25) is 10.0 Å². The molecule has 4 aromatic rings. The van der Waals surface area contributed by atoms with Crippen molar-refractivity contribution in [3.05, 3.63) is 88.2 Å². The van der Waals surface area contributed by atoms with Crippen LogP contribution in [0, 0.1) is 0 Å². The largest absolute Gasteiger partial charge is 0.342 e. The van der Waals surface area contributed by atoms with Gasteiger partial charge in [-0.25, -0.2) is 0 Å². The zero-order chi connectivity index (χ0) is 23.5. The van der Waals surface area contributed by atoms with E-state index in [1.807, 2.05) is 53.4 Å². The first-order chi connectivity index (χ1) is 16.6. The van der Waals surface area contributed by atoms with Crippen LogP contribution in [0.5, 0.6) is 0 Å². The lowest BCUT2D eigenvalue weighted by Gasteiger charge is -2.32. The highest BCUT2D eigenvalue weighted by molar-refractivity contribution is 6.30. The van der Waals surface area contributed by atoms with E-state index in [-0.39, 0.29) is 11.8 Å². The number of carbonyl (C=O) groups excluding carboxylic acids is 1. The second-order valence-corrected chi connectivity index (χ2v) is 9.18. The Kier molecular flexibility index (Phi) is 6.60. The molecule has 3 heterocycles. The molecular weight excluding hydrogens is 473 g/mol. The van der Waals surface area contributed by atoms with E-state index in [0.717, 1.165) is 35.7 Å². The molecule has 1 aliphatic rings. The minimum absolute atomic E-state index is 0.116. The molecule has 1 amide bonds. The molecule has 1 aliphatic heterocycles. The topological polar surface area (TPSA) is 81.7 Å². The second kappa shape index (κ2) is 9.95. The fraction of sp³-hybridized carbons (Fsp3) is 0.292. The van der Waals surface area contributed by atoms with Gasteiger partial charge in [-0.2, -0.15) is 15.0 Å². The average Bonchev–Trinajstić information content (AvgIpc) is 3.50. The Hall–Kier alpha value is -3.23. The highest BCUT2D eigenvalue weighted by Crippen LogP contribution is 2.30. The predicted molar refractivity (Wildman–Crippen MR) is 129 cm³/mol. The molecule has 0 aliphatic carbocycles. The molecule has 0 spiro atoms. The maximum atomic E-state index is 12.8. The molecule has 0 atom stereocenters. The van der Waals surface area contributed by atoms with Crippen LogP contribution in [-0.4, -0.2) is 53.7 Å². The van der Waals surface area contributed by atoms with Crippen molar-refractivity contribution >= 4 is 29.1 Å². The monoisotopic (exact) mass is 495 g/mol. The first kappa shape index (κ1) is 22.6. The summed E-state index contributed by atoms with van der Waals surface area (Å²) in [5.41, 5.74) is 1.87. The molecule has 0 N–H and O–H groups in total. The predicted octanol–water partition coefficient (Wildman–Crippen LogP) is 4.16. The number of rotatable bonds is 6. The molecular formula is C24H23Cl2N7O. The van der Waals surface area contributed by atoms with Gasteiger partial charge in [0.15, 0.2) is 5.82 Å². The Morgan fingerprint density at radius 1 is 0.941 bits per heavy atom. The standard InChI is InChI=1S/C24H23Cl2N7O/c25-19-4-6-21(7-5-19)33-22(16-32-27-10-11-28-32)29-30-24(33)18-8-12-31(13-9-18)23(34)15-17-2-1-3-20(26)14-17/h1-7,10-11,14,18H,8-9,12-13,15-16H2. The fourth-order valence-electron chi connectivity index (χ4n) is 4.34. The average molecular weight is 496 g/mol. The van der Waals surface area contributed by atoms with Gasteiger partial charge in [-0.1, -0.05) is 35.3 Å². The van der Waals surface area contributed by atoms with Crippen LogP contribution in [0.25, 0.3) is 5.69 Å². The quantitative estimate of drug-likeness (QED) is 0.401. The number of nitrogens with zero attached hydrogens (tertiary/aromatic N) is 7. The molecule has 174 valence electrons. The lowest BCUT2D eigenvalue weighted by atomic mass is 9.95. The zero-order valence-corrected chi connectivity index (χ0v) is 19.9. The Labute approximate surface area is 207 Å². The Morgan fingerprint density at radius 2 is 1.68 bits per heavy atom. The smallest absolute Gasteiger partial charge is 0.226 e. The minimum atomic E-state index is 0.116. The number of carbonyl (C=O) groups is 1. The van der Waals surface area contributed by atoms with Gasteiger partial charge >= 0.3 is 0 Å². The van der Waals surface area contributed by atoms with Gasteiger partial charge in [0.2, 0.25) is 5.91 Å². The highest BCUT2D eigenvalue weighted by atomic mass is 35.5. The SMILES string of the molecule is O=C(Cc1cccc(Cl)c1)N1CCC(c2nnc(Cn3nccn3)n2-c2ccc(Cl)cc2)CC1. The van der Waals surface area contributed by atoms with Gasteiger partial charge in [0, 0.05) is 34.7 Å². The number of halogens is 2. The minimum Gasteiger partial charge on any atom is -0.342 e. The summed E-state index contributed by atoms with van der Waals surface area (Å²) in [5, 5.41) is 18.7. The van der Waals surface area contributed by atoms with E-state index < -0.39 is 0 Å². The van der Waals surface area contributed by atoms with E-state index in [2.05, 4.69) is 25.0 Å². The summed E-state index contributed by atoms with van der Waals surface area (Å²) < 4.78 is 2.06. The van der Waals surface area contributed by atoms with Crippen molar-refractivity contribution in [3.8, 4) is 5.69 Å². The third-order valence-electron chi connectivity index (χ3n) is 6.05. The molecule has 2 aromatic carbocycles. The van der Waals surface area contributed by atoms with E-state index in [9.17, 15) is 4.79 Å². The third kappa shape index (κ3) is 4.98. The lowest BCUT2D eigenvalue weighted by molar-refractivity contribution is -0.131. The van der Waals surface area contributed by atoms with Gasteiger partial charge in [-0.05, 0) is 54.8 Å². The first-order valence-corrected chi connectivity index (χ1v) is 11.9. The van der Waals surface area contributed by atoms with E-state index in [4.69, 9.17) is 23.2 Å².